The fourth-order valence-corrected chi connectivity index (χ4v) is 4.50. The van der Waals surface area contributed by atoms with Gasteiger partial charge < -0.3 is 24.3 Å². The minimum Gasteiger partial charge on any atom is -0.387 e. The van der Waals surface area contributed by atoms with Crippen LogP contribution in [-0.4, -0.2) is 49.7 Å². The number of benzene rings is 1. The van der Waals surface area contributed by atoms with Crippen LogP contribution in [0.25, 0.3) is 11.0 Å². The van der Waals surface area contributed by atoms with E-state index in [1.54, 1.807) is 10.8 Å². The molecule has 2 N–H and O–H groups in total. The third kappa shape index (κ3) is 2.66. The van der Waals surface area contributed by atoms with E-state index in [9.17, 15) is 10.2 Å². The van der Waals surface area contributed by atoms with E-state index in [0.717, 1.165) is 22.2 Å². The molecule has 0 radical (unpaired) electrons. The maximum Gasteiger partial charge on any atom is 0.164 e. The van der Waals surface area contributed by atoms with E-state index in [-0.39, 0.29) is 0 Å². The Morgan fingerprint density at radius 3 is 2.89 bits per heavy atom. The number of aliphatic hydroxyl groups excluding tert-OH is 2. The van der Waals surface area contributed by atoms with Crippen molar-refractivity contribution in [3.05, 3.63) is 58.6 Å². The number of aromatic nitrogens is 3. The minimum atomic E-state index is -1.12. The minimum absolute atomic E-state index is 0.480. The zero-order valence-electron chi connectivity index (χ0n) is 15.2. The molecule has 2 aliphatic heterocycles. The molecule has 2 aliphatic rings. The van der Waals surface area contributed by atoms with Gasteiger partial charge in [-0.3, -0.25) is 0 Å². The number of fused-ring (bicyclic) bond motifs is 2. The van der Waals surface area contributed by atoms with Gasteiger partial charge in [-0.15, -0.1) is 0 Å². The summed E-state index contributed by atoms with van der Waals surface area (Å²) in [4.78, 5) is 8.51. The fraction of sp³-hybridized carbons (Fsp3) is 0.400. The van der Waals surface area contributed by atoms with E-state index in [0.29, 0.717) is 23.7 Å². The van der Waals surface area contributed by atoms with Crippen LogP contribution in [0.5, 0.6) is 0 Å². The number of hydrogen-bond acceptors (Lipinski definition) is 6. The molecule has 4 heterocycles. The highest BCUT2D eigenvalue weighted by Gasteiger charge is 2.49. The molecule has 0 unspecified atom stereocenters. The van der Waals surface area contributed by atoms with Crippen molar-refractivity contribution in [1.29, 1.82) is 0 Å². The summed E-state index contributed by atoms with van der Waals surface area (Å²) in [6, 6.07) is 7.52. The third-order valence-corrected chi connectivity index (χ3v) is 6.02. The van der Waals surface area contributed by atoms with Crippen molar-refractivity contribution in [1.82, 2.24) is 14.5 Å². The lowest BCUT2D eigenvalue weighted by Crippen LogP contribution is -2.37. The summed E-state index contributed by atoms with van der Waals surface area (Å²) in [6.07, 6.45) is -0.260. The second kappa shape index (κ2) is 6.79. The maximum absolute atomic E-state index is 10.8. The van der Waals surface area contributed by atoms with Crippen molar-refractivity contribution >= 4 is 22.6 Å². The third-order valence-electron chi connectivity index (χ3n) is 5.67. The van der Waals surface area contributed by atoms with Crippen LogP contribution in [0.1, 0.15) is 29.2 Å². The zero-order chi connectivity index (χ0) is 19.4. The van der Waals surface area contributed by atoms with Crippen molar-refractivity contribution in [3.8, 4) is 0 Å². The molecule has 1 fully saturated rings. The molecule has 0 saturated carbocycles. The molecule has 28 heavy (non-hydrogen) atoms. The summed E-state index contributed by atoms with van der Waals surface area (Å²) < 4.78 is 13.8. The molecular weight excluding hydrogens is 382 g/mol. The molecule has 0 aliphatic carbocycles. The van der Waals surface area contributed by atoms with Crippen LogP contribution in [0, 0.1) is 6.92 Å². The van der Waals surface area contributed by atoms with Crippen LogP contribution in [0.3, 0.4) is 0 Å². The first-order valence-electron chi connectivity index (χ1n) is 9.25. The van der Waals surface area contributed by atoms with Gasteiger partial charge in [0.05, 0.1) is 12.3 Å². The maximum atomic E-state index is 10.8. The van der Waals surface area contributed by atoms with Gasteiger partial charge in [-0.25, -0.2) is 9.97 Å². The quantitative estimate of drug-likeness (QED) is 0.685. The standard InChI is InChI=1S/C20H20ClN3O4/c1-10-11-5-7-24(19(11)23-9-22-10)20-16(26)15(25)18(28-20)17-13-3-2-4-14(21)12(13)6-8-27-17/h2-5,7,9,15-18,20,25-26H,6,8H2,1H3/t15-,16+,17+,18-,20+/m0/s1. The second-order valence-corrected chi connectivity index (χ2v) is 7.65. The first-order valence-corrected chi connectivity index (χ1v) is 9.62. The first kappa shape index (κ1) is 18.0. The van der Waals surface area contributed by atoms with Gasteiger partial charge in [-0.05, 0) is 36.6 Å². The number of nitrogens with zero attached hydrogens (tertiary/aromatic N) is 3. The van der Waals surface area contributed by atoms with Crippen molar-refractivity contribution in [3.63, 3.8) is 0 Å². The molecule has 5 atom stereocenters. The fourth-order valence-electron chi connectivity index (χ4n) is 4.22. The summed E-state index contributed by atoms with van der Waals surface area (Å²) in [6.45, 7) is 2.38. The molecule has 8 heteroatoms. The Balaban J connectivity index is 1.51. The highest BCUT2D eigenvalue weighted by atomic mass is 35.5. The van der Waals surface area contributed by atoms with Gasteiger partial charge in [0.25, 0.3) is 0 Å². The van der Waals surface area contributed by atoms with Gasteiger partial charge >= 0.3 is 0 Å². The normalized spacial score (nSPS) is 29.9. The molecule has 0 spiro atoms. The molecule has 5 rings (SSSR count). The van der Waals surface area contributed by atoms with Crippen LogP contribution in [0.2, 0.25) is 5.02 Å². The topological polar surface area (TPSA) is 89.6 Å². The Morgan fingerprint density at radius 2 is 2.04 bits per heavy atom. The summed E-state index contributed by atoms with van der Waals surface area (Å²) in [5.74, 6) is 0. The van der Waals surface area contributed by atoms with Gasteiger partial charge in [0.15, 0.2) is 6.23 Å². The average molecular weight is 402 g/mol. The predicted octanol–water partition coefficient (Wildman–Crippen LogP) is 2.33. The lowest BCUT2D eigenvalue weighted by Gasteiger charge is -2.32. The van der Waals surface area contributed by atoms with Gasteiger partial charge in [0.2, 0.25) is 0 Å². The molecule has 2 aromatic heterocycles. The smallest absolute Gasteiger partial charge is 0.164 e. The highest BCUT2D eigenvalue weighted by Crippen LogP contribution is 2.42. The molecule has 3 aromatic rings. The molecule has 0 bridgehead atoms. The van der Waals surface area contributed by atoms with Crippen molar-refractivity contribution < 1.29 is 19.7 Å². The summed E-state index contributed by atoms with van der Waals surface area (Å²) in [5.41, 5.74) is 3.39. The molecular formula is C20H20ClN3O4. The van der Waals surface area contributed by atoms with Crippen molar-refractivity contribution in [2.24, 2.45) is 0 Å². The second-order valence-electron chi connectivity index (χ2n) is 7.24. The Kier molecular flexibility index (Phi) is 4.37. The largest absolute Gasteiger partial charge is 0.387 e. The lowest BCUT2D eigenvalue weighted by molar-refractivity contribution is -0.113. The van der Waals surface area contributed by atoms with Gasteiger partial charge in [-0.2, -0.15) is 0 Å². The Labute approximate surface area is 166 Å². The van der Waals surface area contributed by atoms with Gasteiger partial charge in [0.1, 0.15) is 36.4 Å². The molecule has 0 amide bonds. The van der Waals surface area contributed by atoms with Crippen LogP contribution in [-0.2, 0) is 15.9 Å². The Bertz CT molecular complexity index is 1040. The van der Waals surface area contributed by atoms with E-state index in [1.807, 2.05) is 31.2 Å². The van der Waals surface area contributed by atoms with Crippen molar-refractivity contribution in [2.75, 3.05) is 6.61 Å². The summed E-state index contributed by atoms with van der Waals surface area (Å²) in [7, 11) is 0. The lowest BCUT2D eigenvalue weighted by atomic mass is 9.92. The summed E-state index contributed by atoms with van der Waals surface area (Å²) >= 11 is 6.34. The van der Waals surface area contributed by atoms with Crippen LogP contribution in [0.15, 0.2) is 36.8 Å². The highest BCUT2D eigenvalue weighted by molar-refractivity contribution is 6.31. The molecule has 1 aromatic carbocycles. The van der Waals surface area contributed by atoms with Gasteiger partial charge in [-0.1, -0.05) is 23.7 Å². The first-order chi connectivity index (χ1) is 13.6. The number of aryl methyl sites for hydroxylation is 1. The van der Waals surface area contributed by atoms with Crippen LogP contribution < -0.4 is 0 Å². The van der Waals surface area contributed by atoms with E-state index >= 15 is 0 Å². The van der Waals surface area contributed by atoms with Crippen LogP contribution in [0.4, 0.5) is 0 Å². The Hall–Kier alpha value is -2.03. The predicted molar refractivity (Wildman–Crippen MR) is 102 cm³/mol. The van der Waals surface area contributed by atoms with Gasteiger partial charge in [0, 0.05) is 16.6 Å². The Morgan fingerprint density at radius 1 is 1.18 bits per heavy atom. The molecule has 146 valence electrons. The van der Waals surface area contributed by atoms with Crippen LogP contribution >= 0.6 is 11.6 Å². The summed E-state index contributed by atoms with van der Waals surface area (Å²) in [5, 5.41) is 23.1. The SMILES string of the molecule is Cc1ncnc2c1ccn2[C@@H]1O[C@H]([C@@H]2OCCc3c(Cl)cccc32)[C@@H](O)[C@H]1O. The number of rotatable bonds is 2. The molecule has 7 nitrogen and oxygen atoms in total. The van der Waals surface area contributed by atoms with E-state index in [2.05, 4.69) is 9.97 Å². The average Bonchev–Trinajstić information content (AvgIpc) is 3.25. The number of halogens is 1. The van der Waals surface area contributed by atoms with E-state index in [1.165, 1.54) is 6.33 Å². The zero-order valence-corrected chi connectivity index (χ0v) is 16.0. The number of aliphatic hydroxyl groups is 2. The number of ether oxygens (including phenoxy) is 2. The molecule has 1 saturated heterocycles. The van der Waals surface area contributed by atoms with E-state index < -0.39 is 30.6 Å². The van der Waals surface area contributed by atoms with Crippen molar-refractivity contribution in [2.45, 2.75) is 44.0 Å². The number of hydrogen-bond donors (Lipinski definition) is 2. The monoisotopic (exact) mass is 401 g/mol. The van der Waals surface area contributed by atoms with E-state index in [4.69, 9.17) is 21.1 Å².